The molecular formula is C8H13NO4. The molecule has 1 N–H and O–H groups in total. The largest absolute Gasteiger partial charge is 0.481 e. The fourth-order valence-corrected chi connectivity index (χ4v) is 1.74. The number of carboxylic acid groups (broad SMARTS) is 1. The minimum Gasteiger partial charge on any atom is -0.481 e. The first-order chi connectivity index (χ1) is 6.11. The Bertz CT molecular complexity index is 194. The maximum absolute atomic E-state index is 10.6. The van der Waals surface area contributed by atoms with Gasteiger partial charge in [-0.2, -0.15) is 0 Å². The Labute approximate surface area is 75.9 Å². The van der Waals surface area contributed by atoms with Crippen LogP contribution in [0.15, 0.2) is 0 Å². The van der Waals surface area contributed by atoms with Gasteiger partial charge in [0.1, 0.15) is 0 Å². The van der Waals surface area contributed by atoms with Crippen LogP contribution < -0.4 is 0 Å². The molecule has 1 aliphatic carbocycles. The molecule has 1 fully saturated rings. The van der Waals surface area contributed by atoms with Gasteiger partial charge in [-0.25, -0.2) is 0 Å². The third-order valence-corrected chi connectivity index (χ3v) is 2.59. The lowest BCUT2D eigenvalue weighted by atomic mass is 10.0. The lowest BCUT2D eigenvalue weighted by Crippen LogP contribution is -2.18. The van der Waals surface area contributed by atoms with Gasteiger partial charge in [0.2, 0.25) is 6.04 Å². The molecule has 0 aromatic carbocycles. The second-order valence-corrected chi connectivity index (χ2v) is 3.48. The van der Waals surface area contributed by atoms with Crippen molar-refractivity contribution in [3.8, 4) is 0 Å². The van der Waals surface area contributed by atoms with E-state index in [2.05, 4.69) is 0 Å². The third-order valence-electron chi connectivity index (χ3n) is 2.59. The molecule has 0 heterocycles. The second kappa shape index (κ2) is 4.20. The van der Waals surface area contributed by atoms with E-state index >= 15 is 0 Å². The minimum atomic E-state index is -0.816. The summed E-state index contributed by atoms with van der Waals surface area (Å²) in [7, 11) is 0. The van der Waals surface area contributed by atoms with Crippen molar-refractivity contribution in [3.63, 3.8) is 0 Å². The van der Waals surface area contributed by atoms with Crippen LogP contribution in [-0.4, -0.2) is 22.0 Å². The average Bonchev–Trinajstić information content (AvgIpc) is 2.27. The normalized spacial score (nSPS) is 29.2. The Morgan fingerprint density at radius 2 is 2.00 bits per heavy atom. The first-order valence-electron chi connectivity index (χ1n) is 4.47. The predicted molar refractivity (Wildman–Crippen MR) is 45.0 cm³/mol. The zero-order chi connectivity index (χ0) is 9.84. The molecule has 2 unspecified atom stereocenters. The van der Waals surface area contributed by atoms with Crippen molar-refractivity contribution < 1.29 is 14.8 Å². The molecule has 0 aromatic rings. The summed E-state index contributed by atoms with van der Waals surface area (Å²) in [6.45, 7) is 0. The van der Waals surface area contributed by atoms with Crippen LogP contribution in [0, 0.1) is 16.0 Å². The fourth-order valence-electron chi connectivity index (χ4n) is 1.74. The van der Waals surface area contributed by atoms with E-state index in [1.54, 1.807) is 0 Å². The van der Waals surface area contributed by atoms with Crippen molar-refractivity contribution in [1.82, 2.24) is 0 Å². The molecule has 2 atom stereocenters. The van der Waals surface area contributed by atoms with Crippen molar-refractivity contribution in [2.75, 3.05) is 0 Å². The molecule has 74 valence electrons. The van der Waals surface area contributed by atoms with E-state index < -0.39 is 12.0 Å². The number of carbonyl (C=O) groups is 1. The van der Waals surface area contributed by atoms with Gasteiger partial charge < -0.3 is 5.11 Å². The second-order valence-electron chi connectivity index (χ2n) is 3.48. The number of nitrogens with zero attached hydrogens (tertiary/aromatic N) is 1. The van der Waals surface area contributed by atoms with Crippen molar-refractivity contribution >= 4 is 5.97 Å². The highest BCUT2D eigenvalue weighted by Gasteiger charge is 2.28. The number of carboxylic acids is 1. The number of rotatable bonds is 2. The number of hydrogen-bond acceptors (Lipinski definition) is 3. The molecule has 0 radical (unpaired) electrons. The van der Waals surface area contributed by atoms with E-state index in [4.69, 9.17) is 5.11 Å². The third kappa shape index (κ3) is 2.68. The lowest BCUT2D eigenvalue weighted by molar-refractivity contribution is -0.524. The van der Waals surface area contributed by atoms with Gasteiger partial charge in [-0.05, 0) is 19.3 Å². The molecule has 0 amide bonds. The van der Waals surface area contributed by atoms with Gasteiger partial charge in [-0.15, -0.1) is 0 Å². The first kappa shape index (κ1) is 9.95. The average molecular weight is 187 g/mol. The van der Waals surface area contributed by atoms with Crippen LogP contribution in [0.1, 0.15) is 32.1 Å². The molecule has 1 aliphatic rings. The van der Waals surface area contributed by atoms with E-state index in [0.29, 0.717) is 32.1 Å². The van der Waals surface area contributed by atoms with Crippen LogP contribution in [0.2, 0.25) is 0 Å². The van der Waals surface area contributed by atoms with Crippen LogP contribution >= 0.6 is 0 Å². The van der Waals surface area contributed by atoms with Crippen LogP contribution in [0.4, 0.5) is 0 Å². The van der Waals surface area contributed by atoms with Gasteiger partial charge in [0.25, 0.3) is 0 Å². The molecule has 0 aromatic heterocycles. The summed E-state index contributed by atoms with van der Waals surface area (Å²) in [6.07, 6.45) is 2.62. The summed E-state index contributed by atoms with van der Waals surface area (Å²) < 4.78 is 0. The number of aliphatic carboxylic acids is 1. The smallest absolute Gasteiger partial charge is 0.306 e. The van der Waals surface area contributed by atoms with Gasteiger partial charge in [0.15, 0.2) is 0 Å². The number of nitro groups is 1. The van der Waals surface area contributed by atoms with E-state index in [0.717, 1.165) is 0 Å². The van der Waals surface area contributed by atoms with Gasteiger partial charge in [0.05, 0.1) is 5.92 Å². The van der Waals surface area contributed by atoms with Gasteiger partial charge in [-0.1, -0.05) is 0 Å². The summed E-state index contributed by atoms with van der Waals surface area (Å²) in [5.74, 6) is -1.19. The highest BCUT2D eigenvalue weighted by Crippen LogP contribution is 2.24. The molecule has 0 saturated heterocycles. The van der Waals surface area contributed by atoms with Crippen LogP contribution in [0.25, 0.3) is 0 Å². The Morgan fingerprint density at radius 3 is 2.54 bits per heavy atom. The summed E-state index contributed by atoms with van der Waals surface area (Å²) in [4.78, 5) is 20.8. The zero-order valence-electron chi connectivity index (χ0n) is 7.31. The van der Waals surface area contributed by atoms with Crippen LogP contribution in [0.5, 0.6) is 0 Å². The van der Waals surface area contributed by atoms with E-state index in [1.807, 2.05) is 0 Å². The summed E-state index contributed by atoms with van der Waals surface area (Å²) in [5, 5.41) is 19.2. The molecule has 13 heavy (non-hydrogen) atoms. The highest BCUT2D eigenvalue weighted by atomic mass is 16.6. The highest BCUT2D eigenvalue weighted by molar-refractivity contribution is 5.69. The van der Waals surface area contributed by atoms with Crippen molar-refractivity contribution in [2.24, 2.45) is 5.92 Å². The molecular weight excluding hydrogens is 174 g/mol. The van der Waals surface area contributed by atoms with Gasteiger partial charge in [-0.3, -0.25) is 14.9 Å². The molecule has 5 heteroatoms. The number of hydrogen-bond donors (Lipinski definition) is 1. The molecule has 0 bridgehead atoms. The molecule has 1 rings (SSSR count). The maximum atomic E-state index is 10.6. The summed E-state index contributed by atoms with van der Waals surface area (Å²) in [6, 6.07) is -0.524. The van der Waals surface area contributed by atoms with Crippen molar-refractivity contribution in [2.45, 2.75) is 38.1 Å². The van der Waals surface area contributed by atoms with E-state index in [9.17, 15) is 14.9 Å². The molecule has 0 aliphatic heterocycles. The Balaban J connectivity index is 2.48. The summed E-state index contributed by atoms with van der Waals surface area (Å²) >= 11 is 0. The minimum absolute atomic E-state index is 0.287. The van der Waals surface area contributed by atoms with Crippen molar-refractivity contribution in [1.29, 1.82) is 0 Å². The molecule has 0 spiro atoms. The van der Waals surface area contributed by atoms with Crippen LogP contribution in [-0.2, 0) is 4.79 Å². The van der Waals surface area contributed by atoms with Gasteiger partial charge in [0, 0.05) is 17.8 Å². The quantitative estimate of drug-likeness (QED) is 0.401. The fraction of sp³-hybridized carbons (Fsp3) is 0.875. The Hall–Kier alpha value is -1.13. The topological polar surface area (TPSA) is 80.4 Å². The predicted octanol–water partition coefficient (Wildman–Crippen LogP) is 1.30. The maximum Gasteiger partial charge on any atom is 0.306 e. The van der Waals surface area contributed by atoms with E-state index in [1.165, 1.54) is 0 Å². The standard InChI is InChI=1S/C8H13NO4/c10-8(11)6-2-1-3-7(5-4-6)9(12)13/h6-7H,1-5H2,(H,10,11). The van der Waals surface area contributed by atoms with Crippen LogP contribution in [0.3, 0.4) is 0 Å². The Morgan fingerprint density at radius 1 is 1.31 bits per heavy atom. The van der Waals surface area contributed by atoms with Gasteiger partial charge >= 0.3 is 5.97 Å². The lowest BCUT2D eigenvalue weighted by Gasteiger charge is -2.06. The van der Waals surface area contributed by atoms with Crippen molar-refractivity contribution in [3.05, 3.63) is 10.1 Å². The molecule has 5 nitrogen and oxygen atoms in total. The monoisotopic (exact) mass is 187 g/mol. The Kier molecular flexibility index (Phi) is 3.22. The SMILES string of the molecule is O=C(O)C1CCCC([N+](=O)[O-])CC1. The van der Waals surface area contributed by atoms with E-state index in [-0.39, 0.29) is 10.8 Å². The molecule has 1 saturated carbocycles. The summed E-state index contributed by atoms with van der Waals surface area (Å²) in [5.41, 5.74) is 0. The zero-order valence-corrected chi connectivity index (χ0v) is 7.31. The first-order valence-corrected chi connectivity index (χ1v) is 4.47.